The molecule has 2 aromatic carbocycles. The summed E-state index contributed by atoms with van der Waals surface area (Å²) in [5.41, 5.74) is 4.86. The van der Waals surface area contributed by atoms with Crippen LogP contribution in [0.3, 0.4) is 0 Å². The van der Waals surface area contributed by atoms with E-state index in [1.165, 1.54) is 294 Å². The first kappa shape index (κ1) is 59.3. The Morgan fingerprint density at radius 3 is 0.619 bits per heavy atom. The van der Waals surface area contributed by atoms with Crippen LogP contribution in [-0.2, 0) is 29.3 Å². The van der Waals surface area contributed by atoms with Crippen LogP contribution in [0.4, 0.5) is 11.4 Å². The fraction of sp³-hybridized carbons (Fsp3) is 0.767. The van der Waals surface area contributed by atoms with Crippen molar-refractivity contribution in [2.75, 3.05) is 0 Å². The molecule has 364 valence electrons. The molecule has 2 rings (SSSR count). The molecule has 0 saturated carbocycles. The smallest absolute Gasteiger partial charge is 0.0630 e. The van der Waals surface area contributed by atoms with Gasteiger partial charge >= 0.3 is 0 Å². The van der Waals surface area contributed by atoms with Crippen molar-refractivity contribution in [3.63, 3.8) is 0 Å². The predicted molar refractivity (Wildman–Crippen MR) is 282 cm³/mol. The molecule has 0 aliphatic heterocycles. The van der Waals surface area contributed by atoms with Crippen LogP contribution in [0.25, 0.3) is 0 Å². The minimum absolute atomic E-state index is 0. The van der Waals surface area contributed by atoms with Gasteiger partial charge in [0.1, 0.15) is 0 Å². The molecule has 0 radical (unpaired) electrons. The molecule has 0 amide bonds. The van der Waals surface area contributed by atoms with Gasteiger partial charge in [-0.05, 0) is 61.1 Å². The molecule has 2 aromatic rings. The van der Waals surface area contributed by atoms with Crippen LogP contribution in [0.5, 0.6) is 0 Å². The average Bonchev–Trinajstić information content (AvgIpc) is 3.29. The molecule has 3 heteroatoms. The number of hydrogen-bond acceptors (Lipinski definition) is 2. The molecule has 0 fully saturated rings. The maximum absolute atomic E-state index is 4.61. The van der Waals surface area contributed by atoms with Crippen molar-refractivity contribution in [2.45, 2.75) is 296 Å². The molecule has 0 N–H and O–H groups in total. The van der Waals surface area contributed by atoms with Gasteiger partial charge in [-0.3, -0.25) is 9.98 Å². The van der Waals surface area contributed by atoms with Crippen LogP contribution >= 0.6 is 0 Å². The van der Waals surface area contributed by atoms with Crippen molar-refractivity contribution >= 4 is 23.8 Å². The third kappa shape index (κ3) is 40.3. The average molecular weight is 912 g/mol. The second-order valence-corrected chi connectivity index (χ2v) is 19.5. The third-order valence-electron chi connectivity index (χ3n) is 13.5. The number of aliphatic imine (C=N–C) groups is 2. The zero-order chi connectivity index (χ0) is 43.9. The molecule has 0 unspecified atom stereocenters. The summed E-state index contributed by atoms with van der Waals surface area (Å²) in [4.78, 5) is 9.22. The molecule has 0 spiro atoms. The molecular weight excluding hydrogens is 807 g/mol. The standard InChI is InChI=1S/C60H104N2.Ni/c1-3-5-7-9-11-13-15-17-19-21-23-25-27-29-31-33-35-37-39-41-43-45-57-47-51-59(52-48-57)61-55-56-62-60-53-49-58(50-54-60)46-44-42-40-38-36-34-32-30-28-26-24-22-20-18-16-14-12-10-8-6-4-2;/h47-56H,3-46H2,1-2H3;. The monoisotopic (exact) mass is 911 g/mol. The second-order valence-electron chi connectivity index (χ2n) is 19.5. The number of benzene rings is 2. The molecule has 0 atom stereocenters. The molecule has 0 aliphatic rings. The Morgan fingerprint density at radius 2 is 0.429 bits per heavy atom. The minimum Gasteiger partial charge on any atom is -0.255 e. The van der Waals surface area contributed by atoms with Crippen molar-refractivity contribution in [1.29, 1.82) is 0 Å². The number of nitrogens with zero attached hydrogens (tertiary/aromatic N) is 2. The van der Waals surface area contributed by atoms with Gasteiger partial charge in [-0.1, -0.05) is 295 Å². The van der Waals surface area contributed by atoms with Gasteiger partial charge in [-0.25, -0.2) is 0 Å². The molecule has 2 nitrogen and oxygen atoms in total. The number of unbranched alkanes of at least 4 members (excludes halogenated alkanes) is 40. The largest absolute Gasteiger partial charge is 0.255 e. The quantitative estimate of drug-likeness (QED) is 0.0359. The zero-order valence-corrected chi connectivity index (χ0v) is 43.1. The molecule has 0 aliphatic carbocycles. The summed E-state index contributed by atoms with van der Waals surface area (Å²) < 4.78 is 0. The summed E-state index contributed by atoms with van der Waals surface area (Å²) in [5, 5.41) is 0. The Hall–Kier alpha value is -1.73. The normalized spacial score (nSPS) is 11.7. The molecule has 0 bridgehead atoms. The fourth-order valence-corrected chi connectivity index (χ4v) is 9.26. The van der Waals surface area contributed by atoms with E-state index in [0.717, 1.165) is 11.4 Å². The van der Waals surface area contributed by atoms with E-state index in [2.05, 4.69) is 72.4 Å². The maximum Gasteiger partial charge on any atom is 0.0630 e. The van der Waals surface area contributed by atoms with Crippen LogP contribution in [0.15, 0.2) is 58.5 Å². The van der Waals surface area contributed by atoms with Crippen molar-refractivity contribution in [1.82, 2.24) is 0 Å². The van der Waals surface area contributed by atoms with E-state index in [9.17, 15) is 0 Å². The maximum atomic E-state index is 4.61. The van der Waals surface area contributed by atoms with Gasteiger partial charge in [0.15, 0.2) is 0 Å². The van der Waals surface area contributed by atoms with Gasteiger partial charge in [0.25, 0.3) is 0 Å². The summed E-state index contributed by atoms with van der Waals surface area (Å²) >= 11 is 0. The molecule has 0 heterocycles. The van der Waals surface area contributed by atoms with E-state index in [0.29, 0.717) is 0 Å². The fourth-order valence-electron chi connectivity index (χ4n) is 9.26. The van der Waals surface area contributed by atoms with Crippen LogP contribution < -0.4 is 0 Å². The molecular formula is C60H104N2Ni. The summed E-state index contributed by atoms with van der Waals surface area (Å²) in [6, 6.07) is 17.6. The van der Waals surface area contributed by atoms with Crippen molar-refractivity contribution < 1.29 is 16.5 Å². The third-order valence-corrected chi connectivity index (χ3v) is 13.5. The van der Waals surface area contributed by atoms with Crippen LogP contribution in [0.1, 0.15) is 295 Å². The van der Waals surface area contributed by atoms with Gasteiger partial charge in [0.2, 0.25) is 0 Å². The first-order chi connectivity index (χ1) is 30.8. The Labute approximate surface area is 404 Å². The Morgan fingerprint density at radius 1 is 0.254 bits per heavy atom. The van der Waals surface area contributed by atoms with Gasteiger partial charge in [0.05, 0.1) is 11.4 Å². The van der Waals surface area contributed by atoms with E-state index in [1.54, 1.807) is 0 Å². The summed E-state index contributed by atoms with van der Waals surface area (Å²) in [6.45, 7) is 4.61. The van der Waals surface area contributed by atoms with Crippen LogP contribution in [0, 0.1) is 0 Å². The van der Waals surface area contributed by atoms with E-state index < -0.39 is 0 Å². The minimum atomic E-state index is 0. The van der Waals surface area contributed by atoms with Gasteiger partial charge in [0, 0.05) is 28.9 Å². The van der Waals surface area contributed by atoms with Crippen LogP contribution in [0.2, 0.25) is 0 Å². The van der Waals surface area contributed by atoms with E-state index in [1.807, 2.05) is 12.4 Å². The predicted octanol–water partition coefficient (Wildman–Crippen LogP) is 21.3. The first-order valence-electron chi connectivity index (χ1n) is 28.1. The Bertz CT molecular complexity index is 1140. The Kier molecular flexibility index (Phi) is 45.4. The Balaban J connectivity index is 0.0000198. The SMILES string of the molecule is CCCCCCCCCCCCCCCCCCCCCCCc1ccc(N=CC=Nc2ccc(CCCCCCCCCCCCCCCCCCCCCCC)cc2)cc1.[Ni]. The summed E-state index contributed by atoms with van der Waals surface area (Å²) in [7, 11) is 0. The van der Waals surface area contributed by atoms with Crippen molar-refractivity contribution in [3.8, 4) is 0 Å². The van der Waals surface area contributed by atoms with E-state index in [4.69, 9.17) is 0 Å². The number of rotatable bonds is 47. The first-order valence-corrected chi connectivity index (χ1v) is 28.1. The molecule has 0 aromatic heterocycles. The zero-order valence-electron chi connectivity index (χ0n) is 42.1. The van der Waals surface area contributed by atoms with E-state index in [-0.39, 0.29) is 16.5 Å². The van der Waals surface area contributed by atoms with Gasteiger partial charge in [-0.2, -0.15) is 0 Å². The second kappa shape index (κ2) is 48.2. The van der Waals surface area contributed by atoms with Gasteiger partial charge in [-0.15, -0.1) is 0 Å². The van der Waals surface area contributed by atoms with Crippen molar-refractivity contribution in [3.05, 3.63) is 59.7 Å². The van der Waals surface area contributed by atoms with Crippen molar-refractivity contribution in [2.24, 2.45) is 9.98 Å². The molecule has 63 heavy (non-hydrogen) atoms. The van der Waals surface area contributed by atoms with Gasteiger partial charge < -0.3 is 0 Å². The number of hydrogen-bond donors (Lipinski definition) is 0. The molecule has 0 saturated heterocycles. The summed E-state index contributed by atoms with van der Waals surface area (Å²) in [5.74, 6) is 0. The van der Waals surface area contributed by atoms with E-state index >= 15 is 0 Å². The topological polar surface area (TPSA) is 24.7 Å². The van der Waals surface area contributed by atoms with Crippen LogP contribution in [-0.4, -0.2) is 12.4 Å². The summed E-state index contributed by atoms with van der Waals surface area (Å²) in [6.07, 6.45) is 66.4. The number of aryl methyl sites for hydroxylation is 2.